The third-order valence-corrected chi connectivity index (χ3v) is 3.59. The molecule has 0 aliphatic carbocycles. The minimum absolute atomic E-state index is 0.0623. The molecule has 1 aliphatic rings. The molecule has 2 rings (SSSR count). The lowest BCUT2D eigenvalue weighted by Gasteiger charge is -2.24. The zero-order valence-electron chi connectivity index (χ0n) is 10.2. The highest BCUT2D eigenvalue weighted by Crippen LogP contribution is 2.31. The van der Waals surface area contributed by atoms with E-state index in [-0.39, 0.29) is 5.56 Å². The van der Waals surface area contributed by atoms with Crippen molar-refractivity contribution >= 4 is 5.69 Å². The van der Waals surface area contributed by atoms with Gasteiger partial charge in [-0.05, 0) is 24.8 Å². The second kappa shape index (κ2) is 3.81. The average Bonchev–Trinajstić information content (AvgIpc) is 2.37. The molecule has 0 saturated heterocycles. The fraction of sp³-hybridized carbons (Fsp3) is 0.462. The van der Waals surface area contributed by atoms with Gasteiger partial charge in [0.05, 0.1) is 5.69 Å². The summed E-state index contributed by atoms with van der Waals surface area (Å²) in [6.45, 7) is 6.31. The van der Waals surface area contributed by atoms with Crippen LogP contribution in [-0.2, 0) is 13.5 Å². The first-order valence-electron chi connectivity index (χ1n) is 5.64. The van der Waals surface area contributed by atoms with E-state index < -0.39 is 0 Å². The molecule has 3 heteroatoms. The molecule has 1 atom stereocenters. The number of anilines is 1. The summed E-state index contributed by atoms with van der Waals surface area (Å²) in [4.78, 5) is 13.7. The molecule has 0 N–H and O–H groups in total. The second-order valence-corrected chi connectivity index (χ2v) is 4.55. The minimum atomic E-state index is 0.0623. The Morgan fingerprint density at radius 1 is 1.38 bits per heavy atom. The summed E-state index contributed by atoms with van der Waals surface area (Å²) in [5, 5.41) is 0. The van der Waals surface area contributed by atoms with Gasteiger partial charge in [0.25, 0.3) is 5.56 Å². The van der Waals surface area contributed by atoms with Gasteiger partial charge in [-0.3, -0.25) is 4.79 Å². The van der Waals surface area contributed by atoms with Crippen LogP contribution < -0.4 is 10.5 Å². The van der Waals surface area contributed by atoms with Crippen LogP contribution in [0.4, 0.5) is 5.69 Å². The standard InChI is InChI=1S/C13H18N2O/c1-9-5-6-12-11(14(3)10(9)2)7-8-13(16)15(12)4/h7-9H,2,5-6H2,1,3-4H3. The van der Waals surface area contributed by atoms with Crippen LogP contribution in [-0.4, -0.2) is 11.6 Å². The Labute approximate surface area is 96.0 Å². The fourth-order valence-electron chi connectivity index (χ4n) is 2.27. The van der Waals surface area contributed by atoms with Crippen LogP contribution in [0.25, 0.3) is 0 Å². The zero-order valence-corrected chi connectivity index (χ0v) is 10.2. The number of rotatable bonds is 0. The Morgan fingerprint density at radius 2 is 2.06 bits per heavy atom. The van der Waals surface area contributed by atoms with Crippen LogP contribution in [0.3, 0.4) is 0 Å². The molecule has 0 fully saturated rings. The number of aromatic nitrogens is 1. The summed E-state index contributed by atoms with van der Waals surface area (Å²) < 4.78 is 1.75. The van der Waals surface area contributed by atoms with Crippen LogP contribution in [0, 0.1) is 5.92 Å². The van der Waals surface area contributed by atoms with Gasteiger partial charge in [-0.1, -0.05) is 13.5 Å². The van der Waals surface area contributed by atoms with Gasteiger partial charge in [0.1, 0.15) is 0 Å². The maximum atomic E-state index is 11.6. The normalized spacial score (nSPS) is 20.6. The lowest BCUT2D eigenvalue weighted by Crippen LogP contribution is -2.24. The number of allylic oxidation sites excluding steroid dienone is 1. The van der Waals surface area contributed by atoms with Gasteiger partial charge in [0.15, 0.2) is 0 Å². The lowest BCUT2D eigenvalue weighted by molar-refractivity contribution is 0.601. The van der Waals surface area contributed by atoms with Gasteiger partial charge in [-0.2, -0.15) is 0 Å². The number of pyridine rings is 1. The van der Waals surface area contributed by atoms with E-state index >= 15 is 0 Å². The Balaban J connectivity index is 2.61. The molecular weight excluding hydrogens is 200 g/mol. The van der Waals surface area contributed by atoms with Gasteiger partial charge < -0.3 is 9.47 Å². The van der Waals surface area contributed by atoms with Gasteiger partial charge in [-0.15, -0.1) is 0 Å². The maximum absolute atomic E-state index is 11.6. The zero-order chi connectivity index (χ0) is 11.9. The smallest absolute Gasteiger partial charge is 0.250 e. The first-order chi connectivity index (χ1) is 7.52. The van der Waals surface area contributed by atoms with E-state index in [4.69, 9.17) is 0 Å². The first-order valence-corrected chi connectivity index (χ1v) is 5.64. The Kier molecular flexibility index (Phi) is 2.62. The Hall–Kier alpha value is -1.51. The molecule has 86 valence electrons. The number of nitrogens with zero attached hydrogens (tertiary/aromatic N) is 2. The quantitative estimate of drug-likeness (QED) is 0.664. The van der Waals surface area contributed by atoms with Crippen molar-refractivity contribution in [2.24, 2.45) is 13.0 Å². The van der Waals surface area contributed by atoms with E-state index in [0.29, 0.717) is 5.92 Å². The van der Waals surface area contributed by atoms with E-state index in [1.165, 1.54) is 0 Å². The summed E-state index contributed by atoms with van der Waals surface area (Å²) >= 11 is 0. The third kappa shape index (κ3) is 1.56. The molecule has 0 spiro atoms. The van der Waals surface area contributed by atoms with Crippen molar-refractivity contribution in [3.8, 4) is 0 Å². The molecule has 0 aromatic carbocycles. The van der Waals surface area contributed by atoms with E-state index in [1.807, 2.05) is 20.2 Å². The van der Waals surface area contributed by atoms with Gasteiger partial charge in [0, 0.05) is 31.6 Å². The molecule has 3 nitrogen and oxygen atoms in total. The van der Waals surface area contributed by atoms with Crippen LogP contribution in [0.15, 0.2) is 29.2 Å². The van der Waals surface area contributed by atoms with Crippen molar-refractivity contribution < 1.29 is 0 Å². The van der Waals surface area contributed by atoms with Crippen LogP contribution in [0.1, 0.15) is 19.0 Å². The maximum Gasteiger partial charge on any atom is 0.250 e. The van der Waals surface area contributed by atoms with Gasteiger partial charge >= 0.3 is 0 Å². The highest BCUT2D eigenvalue weighted by molar-refractivity contribution is 5.56. The van der Waals surface area contributed by atoms with Crippen molar-refractivity contribution in [2.45, 2.75) is 19.8 Å². The molecule has 2 heterocycles. The molecule has 0 bridgehead atoms. The summed E-state index contributed by atoms with van der Waals surface area (Å²) in [6, 6.07) is 3.53. The number of hydrogen-bond acceptors (Lipinski definition) is 2. The van der Waals surface area contributed by atoms with Crippen molar-refractivity contribution in [1.29, 1.82) is 0 Å². The molecular formula is C13H18N2O. The number of hydrogen-bond donors (Lipinski definition) is 0. The van der Waals surface area contributed by atoms with Crippen molar-refractivity contribution in [3.63, 3.8) is 0 Å². The van der Waals surface area contributed by atoms with Crippen molar-refractivity contribution in [1.82, 2.24) is 4.57 Å². The van der Waals surface area contributed by atoms with E-state index in [1.54, 1.807) is 10.6 Å². The van der Waals surface area contributed by atoms with Gasteiger partial charge in [-0.25, -0.2) is 0 Å². The largest absolute Gasteiger partial charge is 0.347 e. The molecule has 1 aromatic heterocycles. The van der Waals surface area contributed by atoms with Crippen LogP contribution in [0.5, 0.6) is 0 Å². The Bertz CT molecular complexity index is 487. The van der Waals surface area contributed by atoms with E-state index in [0.717, 1.165) is 29.9 Å². The minimum Gasteiger partial charge on any atom is -0.347 e. The second-order valence-electron chi connectivity index (χ2n) is 4.55. The highest BCUT2D eigenvalue weighted by atomic mass is 16.1. The summed E-state index contributed by atoms with van der Waals surface area (Å²) in [5.41, 5.74) is 3.40. The molecule has 0 saturated carbocycles. The first kappa shape index (κ1) is 11.0. The highest BCUT2D eigenvalue weighted by Gasteiger charge is 2.21. The summed E-state index contributed by atoms with van der Waals surface area (Å²) in [6.07, 6.45) is 1.99. The summed E-state index contributed by atoms with van der Waals surface area (Å²) in [5.74, 6) is 0.465. The topological polar surface area (TPSA) is 25.2 Å². The van der Waals surface area contributed by atoms with E-state index in [9.17, 15) is 4.79 Å². The molecule has 1 aromatic rings. The molecule has 16 heavy (non-hydrogen) atoms. The summed E-state index contributed by atoms with van der Waals surface area (Å²) in [7, 11) is 3.86. The molecule has 1 aliphatic heterocycles. The molecule has 0 amide bonds. The van der Waals surface area contributed by atoms with Crippen LogP contribution >= 0.6 is 0 Å². The molecule has 1 unspecified atom stereocenters. The predicted octanol–water partition coefficient (Wildman–Crippen LogP) is 1.92. The fourth-order valence-corrected chi connectivity index (χ4v) is 2.27. The van der Waals surface area contributed by atoms with Crippen molar-refractivity contribution in [2.75, 3.05) is 11.9 Å². The number of fused-ring (bicyclic) bond motifs is 1. The predicted molar refractivity (Wildman–Crippen MR) is 66.7 cm³/mol. The SMILES string of the molecule is C=C1C(C)CCc2c(ccc(=O)n2C)N1C. The van der Waals surface area contributed by atoms with Crippen LogP contribution in [0.2, 0.25) is 0 Å². The molecule has 0 radical (unpaired) electrons. The average molecular weight is 218 g/mol. The van der Waals surface area contributed by atoms with E-state index in [2.05, 4.69) is 18.4 Å². The monoisotopic (exact) mass is 218 g/mol. The Morgan fingerprint density at radius 3 is 2.75 bits per heavy atom. The lowest BCUT2D eigenvalue weighted by atomic mass is 10.0. The van der Waals surface area contributed by atoms with Gasteiger partial charge in [0.2, 0.25) is 0 Å². The third-order valence-electron chi connectivity index (χ3n) is 3.59. The van der Waals surface area contributed by atoms with Crippen molar-refractivity contribution in [3.05, 3.63) is 40.5 Å².